The number of amides is 1. The lowest BCUT2D eigenvalue weighted by atomic mass is 10.3. The molecule has 0 unspecified atom stereocenters. The van der Waals surface area contributed by atoms with Crippen LogP contribution in [0, 0.1) is 0 Å². The number of aliphatic carboxylic acids is 1. The molecule has 0 radical (unpaired) electrons. The number of hydrogen-bond acceptors (Lipinski definition) is 6. The summed E-state index contributed by atoms with van der Waals surface area (Å²) >= 11 is 1.25. The molecule has 1 atom stereocenters. The summed E-state index contributed by atoms with van der Waals surface area (Å²) < 4.78 is 6.47. The Bertz CT molecular complexity index is 698. The van der Waals surface area contributed by atoms with Crippen LogP contribution in [0.5, 0.6) is 5.75 Å². The van der Waals surface area contributed by atoms with Crippen LogP contribution in [0.4, 0.5) is 0 Å². The van der Waals surface area contributed by atoms with Crippen molar-refractivity contribution in [2.24, 2.45) is 5.73 Å². The van der Waals surface area contributed by atoms with E-state index in [9.17, 15) is 9.59 Å². The van der Waals surface area contributed by atoms with Gasteiger partial charge in [0.25, 0.3) is 5.91 Å². The Morgan fingerprint density at radius 2 is 2.23 bits per heavy atom. The van der Waals surface area contributed by atoms with Crippen molar-refractivity contribution in [2.75, 3.05) is 6.54 Å². The summed E-state index contributed by atoms with van der Waals surface area (Å²) in [7, 11) is 0. The van der Waals surface area contributed by atoms with E-state index >= 15 is 0 Å². The van der Waals surface area contributed by atoms with Crippen molar-refractivity contribution in [1.82, 2.24) is 10.3 Å². The van der Waals surface area contributed by atoms with Gasteiger partial charge in [0.05, 0.1) is 21.2 Å². The molecular weight excluding hydrogens is 306 g/mol. The lowest BCUT2D eigenvalue weighted by Gasteiger charge is -2.09. The molecular formula is C14H17N3O4S. The smallest absolute Gasteiger partial charge is 0.322 e. The van der Waals surface area contributed by atoms with E-state index in [-0.39, 0.29) is 18.6 Å². The van der Waals surface area contributed by atoms with Gasteiger partial charge in [-0.15, -0.1) is 11.3 Å². The minimum atomic E-state index is -1.16. The number of carbonyl (C=O) groups excluding carboxylic acids is 1. The van der Waals surface area contributed by atoms with Crippen LogP contribution in [0.1, 0.15) is 23.5 Å². The second-order valence-corrected chi connectivity index (χ2v) is 6.01. The zero-order chi connectivity index (χ0) is 16.3. The van der Waals surface area contributed by atoms with E-state index in [1.54, 1.807) is 18.3 Å². The van der Waals surface area contributed by atoms with Gasteiger partial charge < -0.3 is 20.9 Å². The third kappa shape index (κ3) is 3.71. The molecule has 2 heterocycles. The van der Waals surface area contributed by atoms with E-state index < -0.39 is 12.0 Å². The maximum absolute atomic E-state index is 12.1. The van der Waals surface area contributed by atoms with Crippen LogP contribution in [0.2, 0.25) is 0 Å². The molecule has 118 valence electrons. The number of carbonyl (C=O) groups is 2. The average molecular weight is 323 g/mol. The fourth-order valence-corrected chi connectivity index (χ4v) is 2.74. The van der Waals surface area contributed by atoms with E-state index in [1.807, 2.05) is 13.8 Å². The maximum Gasteiger partial charge on any atom is 0.322 e. The predicted molar refractivity (Wildman–Crippen MR) is 83.3 cm³/mol. The average Bonchev–Trinajstić information content (AvgIpc) is 2.88. The molecule has 0 aliphatic carbocycles. The van der Waals surface area contributed by atoms with Crippen molar-refractivity contribution in [1.29, 1.82) is 0 Å². The number of aromatic nitrogens is 1. The molecule has 7 nitrogen and oxygen atoms in total. The molecule has 2 aromatic heterocycles. The Morgan fingerprint density at radius 1 is 1.50 bits per heavy atom. The van der Waals surface area contributed by atoms with Gasteiger partial charge in [0.15, 0.2) is 0 Å². The Balaban J connectivity index is 2.18. The number of hydrogen-bond donors (Lipinski definition) is 3. The number of ether oxygens (including phenoxy) is 1. The maximum atomic E-state index is 12.1. The summed E-state index contributed by atoms with van der Waals surface area (Å²) in [5, 5.41) is 11.2. The van der Waals surface area contributed by atoms with Crippen molar-refractivity contribution in [3.8, 4) is 5.75 Å². The molecule has 0 bridgehead atoms. The summed E-state index contributed by atoms with van der Waals surface area (Å²) in [6.07, 6.45) is 1.63. The van der Waals surface area contributed by atoms with E-state index in [0.29, 0.717) is 16.1 Å². The van der Waals surface area contributed by atoms with E-state index in [4.69, 9.17) is 15.6 Å². The van der Waals surface area contributed by atoms with Gasteiger partial charge in [0.1, 0.15) is 11.8 Å². The largest absolute Gasteiger partial charge is 0.489 e. The number of rotatable bonds is 6. The summed E-state index contributed by atoms with van der Waals surface area (Å²) in [4.78, 5) is 27.3. The normalized spacial score (nSPS) is 12.4. The monoisotopic (exact) mass is 323 g/mol. The summed E-state index contributed by atoms with van der Waals surface area (Å²) in [5.74, 6) is -0.868. The van der Waals surface area contributed by atoms with Crippen molar-refractivity contribution in [2.45, 2.75) is 26.0 Å². The second kappa shape index (κ2) is 6.71. The van der Waals surface area contributed by atoms with Crippen LogP contribution in [0.25, 0.3) is 10.2 Å². The molecule has 0 aliphatic rings. The Hall–Kier alpha value is -2.19. The number of thiophene rings is 1. The summed E-state index contributed by atoms with van der Waals surface area (Å²) in [6.45, 7) is 3.70. The molecule has 0 aromatic carbocycles. The first-order chi connectivity index (χ1) is 10.4. The van der Waals surface area contributed by atoms with Gasteiger partial charge in [-0.25, -0.2) is 0 Å². The number of nitrogens with zero attached hydrogens (tertiary/aromatic N) is 1. The Morgan fingerprint density at radius 3 is 2.86 bits per heavy atom. The topological polar surface area (TPSA) is 115 Å². The predicted octanol–water partition coefficient (Wildman–Crippen LogP) is 1.23. The Kier molecular flexibility index (Phi) is 4.94. The molecule has 0 spiro atoms. The molecule has 2 rings (SSSR count). The van der Waals surface area contributed by atoms with Crippen molar-refractivity contribution in [3.63, 3.8) is 0 Å². The first-order valence-corrected chi connectivity index (χ1v) is 7.52. The lowest BCUT2D eigenvalue weighted by Crippen LogP contribution is -2.42. The van der Waals surface area contributed by atoms with Crippen molar-refractivity contribution in [3.05, 3.63) is 23.2 Å². The SMILES string of the molecule is CC(C)Oc1ccnc2cc(C(=O)NC[C@@H](N)C(=O)O)sc12. The zero-order valence-electron chi connectivity index (χ0n) is 12.2. The fraction of sp³-hybridized carbons (Fsp3) is 0.357. The van der Waals surface area contributed by atoms with E-state index in [0.717, 1.165) is 4.70 Å². The standard InChI is InChI=1S/C14H17N3O4S/c1-7(2)21-10-3-4-16-9-5-11(22-12(9)10)13(18)17-6-8(15)14(19)20/h3-5,7-8H,6,15H2,1-2H3,(H,17,18)(H,19,20)/t8-/m1/s1. The van der Waals surface area contributed by atoms with Crippen LogP contribution in [-0.4, -0.2) is 40.7 Å². The number of nitrogens with one attached hydrogen (secondary N) is 1. The number of nitrogens with two attached hydrogens (primary N) is 1. The highest BCUT2D eigenvalue weighted by molar-refractivity contribution is 7.21. The fourth-order valence-electron chi connectivity index (χ4n) is 1.75. The molecule has 2 aromatic rings. The first kappa shape index (κ1) is 16.2. The van der Waals surface area contributed by atoms with Gasteiger partial charge in [-0.3, -0.25) is 14.6 Å². The Labute approximate surface area is 131 Å². The van der Waals surface area contributed by atoms with E-state index in [2.05, 4.69) is 10.3 Å². The minimum absolute atomic E-state index is 0.0125. The van der Waals surface area contributed by atoms with Crippen LogP contribution in [0.15, 0.2) is 18.3 Å². The number of carboxylic acid groups (broad SMARTS) is 1. The third-order valence-corrected chi connectivity index (χ3v) is 3.90. The minimum Gasteiger partial charge on any atom is -0.489 e. The molecule has 0 fully saturated rings. The van der Waals surface area contributed by atoms with Gasteiger partial charge in [-0.2, -0.15) is 0 Å². The molecule has 4 N–H and O–H groups in total. The summed E-state index contributed by atoms with van der Waals surface area (Å²) in [5.41, 5.74) is 6.02. The van der Waals surface area contributed by atoms with Gasteiger partial charge in [-0.1, -0.05) is 0 Å². The quantitative estimate of drug-likeness (QED) is 0.736. The van der Waals surface area contributed by atoms with Crippen LogP contribution in [-0.2, 0) is 4.79 Å². The van der Waals surface area contributed by atoms with Crippen LogP contribution < -0.4 is 15.8 Å². The number of fused-ring (bicyclic) bond motifs is 1. The zero-order valence-corrected chi connectivity index (χ0v) is 13.0. The van der Waals surface area contributed by atoms with Gasteiger partial charge in [-0.05, 0) is 26.0 Å². The molecule has 22 heavy (non-hydrogen) atoms. The third-order valence-electron chi connectivity index (χ3n) is 2.76. The van der Waals surface area contributed by atoms with Gasteiger partial charge in [0.2, 0.25) is 0 Å². The van der Waals surface area contributed by atoms with Gasteiger partial charge in [0, 0.05) is 12.7 Å². The molecule has 0 saturated heterocycles. The van der Waals surface area contributed by atoms with Crippen molar-refractivity contribution >= 4 is 33.4 Å². The molecule has 1 amide bonds. The van der Waals surface area contributed by atoms with E-state index in [1.165, 1.54) is 11.3 Å². The molecule has 0 aliphatic heterocycles. The van der Waals surface area contributed by atoms with Crippen LogP contribution in [0.3, 0.4) is 0 Å². The molecule has 0 saturated carbocycles. The highest BCUT2D eigenvalue weighted by Crippen LogP contribution is 2.32. The van der Waals surface area contributed by atoms with Gasteiger partial charge >= 0.3 is 5.97 Å². The molecule has 8 heteroatoms. The first-order valence-electron chi connectivity index (χ1n) is 6.70. The van der Waals surface area contributed by atoms with Crippen LogP contribution >= 0.6 is 11.3 Å². The van der Waals surface area contributed by atoms with Crippen molar-refractivity contribution < 1.29 is 19.4 Å². The number of carboxylic acids is 1. The highest BCUT2D eigenvalue weighted by atomic mass is 32.1. The highest BCUT2D eigenvalue weighted by Gasteiger charge is 2.17. The number of pyridine rings is 1. The summed E-state index contributed by atoms with van der Waals surface area (Å²) in [6, 6.07) is 2.27. The lowest BCUT2D eigenvalue weighted by molar-refractivity contribution is -0.138. The second-order valence-electron chi connectivity index (χ2n) is 4.96.